The molecule has 1 aromatic rings. The maximum atomic E-state index is 11.7. The van der Waals surface area contributed by atoms with Gasteiger partial charge in [0.15, 0.2) is 0 Å². The molecule has 21 heavy (non-hydrogen) atoms. The molecule has 0 spiro atoms. The fraction of sp³-hybridized carbons (Fsp3) is 0.375. The van der Waals surface area contributed by atoms with Crippen LogP contribution in [0.25, 0.3) is 0 Å². The highest BCUT2D eigenvalue weighted by Gasteiger charge is 2.15. The lowest BCUT2D eigenvalue weighted by atomic mass is 10.1. The van der Waals surface area contributed by atoms with Crippen molar-refractivity contribution in [2.24, 2.45) is 0 Å². The summed E-state index contributed by atoms with van der Waals surface area (Å²) in [6, 6.07) is 8.39. The molecule has 1 aromatic carbocycles. The highest BCUT2D eigenvalue weighted by Crippen LogP contribution is 2.00. The molecule has 0 N–H and O–H groups in total. The number of hydrogen-bond donors (Lipinski definition) is 0. The molecule has 0 saturated carbocycles. The Morgan fingerprint density at radius 1 is 0.952 bits per heavy atom. The normalized spacial score (nSPS) is 10.0. The number of Topliss-reactive ketones (excluding diaryl/α,β-unsaturated/α-hetero) is 2. The number of carbonyl (C=O) groups excluding carboxylic acids is 2. The molecular weight excluding hydrogens is 272 g/mol. The van der Waals surface area contributed by atoms with E-state index in [0.29, 0.717) is 25.4 Å². The number of terminal acetylenes is 1. The number of ketones is 2. The summed E-state index contributed by atoms with van der Waals surface area (Å²) in [5, 5.41) is 0. The van der Waals surface area contributed by atoms with Gasteiger partial charge in [-0.15, -0.1) is 6.42 Å². The van der Waals surface area contributed by atoms with Gasteiger partial charge in [-0.2, -0.15) is 0 Å². The van der Waals surface area contributed by atoms with Crippen LogP contribution in [0.5, 0.6) is 0 Å². The monoisotopic (exact) mass is 290 g/mol. The predicted octanol–water partition coefficient (Wildman–Crippen LogP) is 1.12. The van der Waals surface area contributed by atoms with Gasteiger partial charge in [-0.05, 0) is 0 Å². The molecule has 0 aliphatic rings. The summed E-state index contributed by atoms with van der Waals surface area (Å²) < 4.78 is 15.3. The average Bonchev–Trinajstić information content (AvgIpc) is 2.53. The summed E-state index contributed by atoms with van der Waals surface area (Å²) in [7, 11) is 0. The second-order valence-electron chi connectivity index (χ2n) is 4.04. The molecule has 1 rings (SSSR count). The first-order valence-corrected chi connectivity index (χ1v) is 6.55. The van der Waals surface area contributed by atoms with Gasteiger partial charge in [0.1, 0.15) is 13.2 Å². The van der Waals surface area contributed by atoms with E-state index in [1.165, 1.54) is 0 Å². The molecule has 0 unspecified atom stereocenters. The number of ether oxygens (including phenoxy) is 3. The van der Waals surface area contributed by atoms with Gasteiger partial charge in [-0.3, -0.25) is 9.59 Å². The summed E-state index contributed by atoms with van der Waals surface area (Å²) in [6.45, 7) is 1.40. The van der Waals surface area contributed by atoms with E-state index in [1.807, 2.05) is 0 Å². The SMILES string of the molecule is C#CCOCCOCCOCC(=O)C(=O)c1ccccc1. The minimum atomic E-state index is -0.571. The minimum absolute atomic E-state index is 0.239. The first-order valence-electron chi connectivity index (χ1n) is 6.55. The molecular formula is C16H18O5. The third-order valence-corrected chi connectivity index (χ3v) is 2.45. The Balaban J connectivity index is 2.06. The largest absolute Gasteiger partial charge is 0.377 e. The zero-order chi connectivity index (χ0) is 15.3. The van der Waals surface area contributed by atoms with Gasteiger partial charge in [0.2, 0.25) is 11.6 Å². The Hall–Kier alpha value is -2.00. The van der Waals surface area contributed by atoms with Gasteiger partial charge in [0.05, 0.1) is 26.4 Å². The van der Waals surface area contributed by atoms with E-state index in [9.17, 15) is 9.59 Å². The van der Waals surface area contributed by atoms with Crippen molar-refractivity contribution in [2.45, 2.75) is 0 Å². The van der Waals surface area contributed by atoms with Crippen LogP contribution < -0.4 is 0 Å². The Kier molecular flexibility index (Phi) is 8.73. The predicted molar refractivity (Wildman–Crippen MR) is 77.1 cm³/mol. The molecule has 0 amide bonds. The van der Waals surface area contributed by atoms with Crippen LogP contribution >= 0.6 is 0 Å². The quantitative estimate of drug-likeness (QED) is 0.264. The third kappa shape index (κ3) is 7.37. The summed E-state index contributed by atoms with van der Waals surface area (Å²) in [5.41, 5.74) is 0.369. The molecule has 0 saturated heterocycles. The van der Waals surface area contributed by atoms with Crippen molar-refractivity contribution in [1.82, 2.24) is 0 Å². The first-order chi connectivity index (χ1) is 10.3. The molecule has 0 atom stereocenters. The molecule has 5 heteroatoms. The summed E-state index contributed by atoms with van der Waals surface area (Å²) in [6.07, 6.45) is 5.01. The molecule has 0 bridgehead atoms. The Morgan fingerprint density at radius 3 is 2.24 bits per heavy atom. The van der Waals surface area contributed by atoms with E-state index in [2.05, 4.69) is 5.92 Å². The van der Waals surface area contributed by atoms with Crippen molar-refractivity contribution >= 4 is 11.6 Å². The lowest BCUT2D eigenvalue weighted by molar-refractivity contribution is -0.120. The van der Waals surface area contributed by atoms with Gasteiger partial charge in [0, 0.05) is 5.56 Å². The van der Waals surface area contributed by atoms with Gasteiger partial charge in [-0.25, -0.2) is 0 Å². The van der Waals surface area contributed by atoms with Gasteiger partial charge in [-0.1, -0.05) is 36.3 Å². The van der Waals surface area contributed by atoms with E-state index in [4.69, 9.17) is 20.6 Å². The summed E-state index contributed by atoms with van der Waals surface area (Å²) in [4.78, 5) is 23.3. The van der Waals surface area contributed by atoms with Crippen LogP contribution in [0.1, 0.15) is 10.4 Å². The van der Waals surface area contributed by atoms with Gasteiger partial charge < -0.3 is 14.2 Å². The second kappa shape index (κ2) is 10.7. The molecule has 0 aliphatic heterocycles. The van der Waals surface area contributed by atoms with E-state index in [1.54, 1.807) is 30.3 Å². The Labute approximate surface area is 124 Å². The first kappa shape index (κ1) is 17.1. The van der Waals surface area contributed by atoms with Crippen molar-refractivity contribution in [1.29, 1.82) is 0 Å². The standard InChI is InChI=1S/C16H18O5/c1-2-8-19-9-10-20-11-12-21-13-15(17)16(18)14-6-4-3-5-7-14/h1,3-7H,8-13H2. The fourth-order valence-electron chi connectivity index (χ4n) is 1.45. The smallest absolute Gasteiger partial charge is 0.231 e. The number of hydrogen-bond acceptors (Lipinski definition) is 5. The summed E-state index contributed by atoms with van der Waals surface area (Å²) in [5.74, 6) is 1.23. The highest BCUT2D eigenvalue weighted by molar-refractivity contribution is 6.44. The summed E-state index contributed by atoms with van der Waals surface area (Å²) >= 11 is 0. The number of benzene rings is 1. The van der Waals surface area contributed by atoms with Gasteiger partial charge >= 0.3 is 0 Å². The van der Waals surface area contributed by atoms with Crippen LogP contribution in [0.4, 0.5) is 0 Å². The Morgan fingerprint density at radius 2 is 1.57 bits per heavy atom. The number of carbonyl (C=O) groups is 2. The van der Waals surface area contributed by atoms with Crippen molar-refractivity contribution < 1.29 is 23.8 Å². The van der Waals surface area contributed by atoms with E-state index in [0.717, 1.165) is 0 Å². The van der Waals surface area contributed by atoms with Crippen LogP contribution in [-0.2, 0) is 19.0 Å². The Bertz CT molecular complexity index is 475. The van der Waals surface area contributed by atoms with E-state index >= 15 is 0 Å². The van der Waals surface area contributed by atoms with Crippen LogP contribution in [-0.4, -0.2) is 51.2 Å². The molecule has 112 valence electrons. The van der Waals surface area contributed by atoms with Gasteiger partial charge in [0.25, 0.3) is 0 Å². The average molecular weight is 290 g/mol. The van der Waals surface area contributed by atoms with Crippen LogP contribution in [0.15, 0.2) is 30.3 Å². The minimum Gasteiger partial charge on any atom is -0.377 e. The van der Waals surface area contributed by atoms with Crippen molar-refractivity contribution in [3.63, 3.8) is 0 Å². The number of rotatable bonds is 11. The zero-order valence-corrected chi connectivity index (χ0v) is 11.7. The third-order valence-electron chi connectivity index (χ3n) is 2.45. The molecule has 0 radical (unpaired) electrons. The lowest BCUT2D eigenvalue weighted by Crippen LogP contribution is -2.21. The molecule has 0 heterocycles. The molecule has 0 aliphatic carbocycles. The van der Waals surface area contributed by atoms with Crippen molar-refractivity contribution in [3.05, 3.63) is 35.9 Å². The zero-order valence-electron chi connectivity index (χ0n) is 11.7. The maximum Gasteiger partial charge on any atom is 0.231 e. The topological polar surface area (TPSA) is 61.8 Å². The highest BCUT2D eigenvalue weighted by atomic mass is 16.5. The maximum absolute atomic E-state index is 11.7. The van der Waals surface area contributed by atoms with E-state index in [-0.39, 0.29) is 19.8 Å². The fourth-order valence-corrected chi connectivity index (χ4v) is 1.45. The van der Waals surface area contributed by atoms with Crippen LogP contribution in [0, 0.1) is 12.3 Å². The van der Waals surface area contributed by atoms with Crippen molar-refractivity contribution in [3.8, 4) is 12.3 Å². The van der Waals surface area contributed by atoms with Crippen molar-refractivity contribution in [2.75, 3.05) is 39.6 Å². The molecule has 0 aromatic heterocycles. The van der Waals surface area contributed by atoms with Crippen LogP contribution in [0.2, 0.25) is 0 Å². The van der Waals surface area contributed by atoms with Crippen LogP contribution in [0.3, 0.4) is 0 Å². The lowest BCUT2D eigenvalue weighted by Gasteiger charge is -2.05. The van der Waals surface area contributed by atoms with E-state index < -0.39 is 11.6 Å². The molecule has 0 fully saturated rings. The second-order valence-corrected chi connectivity index (χ2v) is 4.04. The molecule has 5 nitrogen and oxygen atoms in total.